The van der Waals surface area contributed by atoms with E-state index in [9.17, 15) is 22.4 Å². The summed E-state index contributed by atoms with van der Waals surface area (Å²) in [5, 5.41) is 1.83. The maximum atomic E-state index is 12.4. The summed E-state index contributed by atoms with van der Waals surface area (Å²) < 4.78 is 48.1. The van der Waals surface area contributed by atoms with E-state index in [4.69, 9.17) is 0 Å². The maximum Gasteiger partial charge on any atom is 0.383 e. The van der Waals surface area contributed by atoms with Crippen LogP contribution >= 0.6 is 0 Å². The highest BCUT2D eigenvalue weighted by Gasteiger charge is 2.49. The molecule has 1 atom stereocenters. The van der Waals surface area contributed by atoms with Crippen molar-refractivity contribution in [1.29, 1.82) is 0 Å². The molecule has 0 aliphatic heterocycles. The Morgan fingerprint density at radius 3 is 2.29 bits per heavy atom. The van der Waals surface area contributed by atoms with Gasteiger partial charge in [-0.15, -0.1) is 0 Å². The van der Waals surface area contributed by atoms with E-state index in [1.807, 2.05) is 5.32 Å². The Hall–Kier alpha value is -0.810. The zero-order chi connectivity index (χ0) is 11.4. The van der Waals surface area contributed by atoms with E-state index in [1.165, 1.54) is 6.92 Å². The minimum Gasteiger partial charge on any atom is -0.348 e. The predicted molar refractivity (Wildman–Crippen MR) is 43.5 cm³/mol. The summed E-state index contributed by atoms with van der Waals surface area (Å²) in [5.41, 5.74) is 0. The van der Waals surface area contributed by atoms with Gasteiger partial charge in [-0.2, -0.15) is 8.78 Å². The van der Waals surface area contributed by atoms with Crippen LogP contribution in [-0.4, -0.2) is 24.3 Å². The maximum absolute atomic E-state index is 12.4. The first-order valence-corrected chi connectivity index (χ1v) is 4.29. The van der Waals surface area contributed by atoms with Gasteiger partial charge in [0.25, 0.3) is 5.91 Å². The van der Waals surface area contributed by atoms with E-state index < -0.39 is 24.3 Å². The fourth-order valence-corrected chi connectivity index (χ4v) is 0.924. The molecule has 0 fully saturated rings. The number of amides is 1. The number of hydrogen-bond acceptors (Lipinski definition) is 1. The molecular weight excluding hydrogens is 202 g/mol. The summed E-state index contributed by atoms with van der Waals surface area (Å²) in [6, 6.07) is -0.517. The Morgan fingerprint density at radius 2 is 1.93 bits per heavy atom. The van der Waals surface area contributed by atoms with Crippen LogP contribution in [0.2, 0.25) is 0 Å². The number of carbonyl (C=O) groups is 1. The minimum absolute atomic E-state index is 0.477. The highest BCUT2D eigenvalue weighted by atomic mass is 19.3. The molecule has 84 valence electrons. The monoisotopic (exact) mass is 215 g/mol. The number of rotatable bonds is 5. The lowest BCUT2D eigenvalue weighted by atomic mass is 10.2. The highest BCUT2D eigenvalue weighted by Crippen LogP contribution is 2.23. The fourth-order valence-electron chi connectivity index (χ4n) is 0.924. The van der Waals surface area contributed by atoms with Gasteiger partial charge in [-0.3, -0.25) is 4.79 Å². The largest absolute Gasteiger partial charge is 0.383 e. The van der Waals surface area contributed by atoms with Gasteiger partial charge in [0.2, 0.25) is 0 Å². The first kappa shape index (κ1) is 13.2. The summed E-state index contributed by atoms with van der Waals surface area (Å²) >= 11 is 0. The molecule has 0 spiro atoms. The minimum atomic E-state index is -4.60. The number of alkyl halides is 4. The normalized spacial score (nSPS) is 14.2. The van der Waals surface area contributed by atoms with Crippen molar-refractivity contribution >= 4 is 5.91 Å². The zero-order valence-electron chi connectivity index (χ0n) is 7.99. The second-order valence-corrected chi connectivity index (χ2v) is 3.09. The van der Waals surface area contributed by atoms with Crippen molar-refractivity contribution in [1.82, 2.24) is 5.32 Å². The van der Waals surface area contributed by atoms with Crippen LogP contribution < -0.4 is 5.32 Å². The van der Waals surface area contributed by atoms with Crippen molar-refractivity contribution in [3.63, 3.8) is 0 Å². The molecule has 14 heavy (non-hydrogen) atoms. The molecule has 1 amide bonds. The quantitative estimate of drug-likeness (QED) is 0.700. The number of carbonyl (C=O) groups excluding carboxylic acids is 1. The first-order valence-electron chi connectivity index (χ1n) is 4.29. The number of nitrogens with one attached hydrogen (secondary N) is 1. The Balaban J connectivity index is 4.20. The Bertz CT molecular complexity index is 196. The Labute approximate surface area is 79.7 Å². The summed E-state index contributed by atoms with van der Waals surface area (Å²) in [5.74, 6) is -6.50. The Morgan fingerprint density at radius 1 is 1.43 bits per heavy atom. The summed E-state index contributed by atoms with van der Waals surface area (Å²) in [6.07, 6.45) is -2.80. The van der Waals surface area contributed by atoms with E-state index >= 15 is 0 Å². The number of halogens is 4. The SMILES string of the molecule is CCCC(C)NC(=O)C(F)(F)C(F)F. The zero-order valence-corrected chi connectivity index (χ0v) is 7.99. The fraction of sp³-hybridized carbons (Fsp3) is 0.875. The van der Waals surface area contributed by atoms with Gasteiger partial charge in [0.15, 0.2) is 0 Å². The third-order valence-electron chi connectivity index (χ3n) is 1.68. The van der Waals surface area contributed by atoms with Gasteiger partial charge in [-0.05, 0) is 13.3 Å². The van der Waals surface area contributed by atoms with Gasteiger partial charge >= 0.3 is 12.3 Å². The lowest BCUT2D eigenvalue weighted by Gasteiger charge is -2.18. The molecule has 0 bridgehead atoms. The Kier molecular flexibility index (Phi) is 4.87. The predicted octanol–water partition coefficient (Wildman–Crippen LogP) is 2.19. The molecule has 0 saturated heterocycles. The van der Waals surface area contributed by atoms with E-state index in [0.29, 0.717) is 12.8 Å². The van der Waals surface area contributed by atoms with Crippen LogP contribution in [0.4, 0.5) is 17.6 Å². The van der Waals surface area contributed by atoms with Crippen molar-refractivity contribution in [2.45, 2.75) is 45.1 Å². The summed E-state index contributed by atoms with van der Waals surface area (Å²) in [7, 11) is 0. The molecule has 0 aromatic rings. The van der Waals surface area contributed by atoms with E-state index in [2.05, 4.69) is 0 Å². The van der Waals surface area contributed by atoms with Crippen LogP contribution in [0.25, 0.3) is 0 Å². The molecule has 0 heterocycles. The van der Waals surface area contributed by atoms with Crippen LogP contribution in [-0.2, 0) is 4.79 Å². The van der Waals surface area contributed by atoms with Crippen LogP contribution in [0.5, 0.6) is 0 Å². The molecular formula is C8H13F4NO. The molecule has 0 aromatic heterocycles. The van der Waals surface area contributed by atoms with E-state index in [-0.39, 0.29) is 0 Å². The molecule has 0 saturated carbocycles. The van der Waals surface area contributed by atoms with E-state index in [0.717, 1.165) is 0 Å². The van der Waals surface area contributed by atoms with Gasteiger partial charge in [0.1, 0.15) is 0 Å². The van der Waals surface area contributed by atoms with Crippen LogP contribution in [0.1, 0.15) is 26.7 Å². The summed E-state index contributed by atoms with van der Waals surface area (Å²) in [6.45, 7) is 3.29. The van der Waals surface area contributed by atoms with Crippen molar-refractivity contribution < 1.29 is 22.4 Å². The third-order valence-corrected chi connectivity index (χ3v) is 1.68. The number of hydrogen-bond donors (Lipinski definition) is 1. The van der Waals surface area contributed by atoms with Gasteiger partial charge in [0.05, 0.1) is 0 Å². The second-order valence-electron chi connectivity index (χ2n) is 3.09. The van der Waals surface area contributed by atoms with Gasteiger partial charge in [-0.1, -0.05) is 13.3 Å². The van der Waals surface area contributed by atoms with E-state index in [1.54, 1.807) is 6.92 Å². The second kappa shape index (κ2) is 5.17. The van der Waals surface area contributed by atoms with Crippen LogP contribution in [0.15, 0.2) is 0 Å². The average molecular weight is 215 g/mol. The molecule has 2 nitrogen and oxygen atoms in total. The van der Waals surface area contributed by atoms with Crippen molar-refractivity contribution in [3.05, 3.63) is 0 Å². The molecule has 0 aromatic carbocycles. The third kappa shape index (κ3) is 3.51. The van der Waals surface area contributed by atoms with Crippen LogP contribution in [0.3, 0.4) is 0 Å². The molecule has 6 heteroatoms. The molecule has 0 rings (SSSR count). The average Bonchev–Trinajstić information content (AvgIpc) is 2.03. The molecule has 0 aliphatic rings. The topological polar surface area (TPSA) is 29.1 Å². The molecule has 0 radical (unpaired) electrons. The van der Waals surface area contributed by atoms with Gasteiger partial charge in [0, 0.05) is 6.04 Å². The highest BCUT2D eigenvalue weighted by molar-refractivity contribution is 5.84. The van der Waals surface area contributed by atoms with Crippen molar-refractivity contribution in [2.24, 2.45) is 0 Å². The lowest BCUT2D eigenvalue weighted by Crippen LogP contribution is -2.48. The summed E-state index contributed by atoms with van der Waals surface area (Å²) in [4.78, 5) is 10.7. The van der Waals surface area contributed by atoms with Gasteiger partial charge in [-0.25, -0.2) is 8.78 Å². The van der Waals surface area contributed by atoms with Crippen molar-refractivity contribution in [3.8, 4) is 0 Å². The molecule has 0 aliphatic carbocycles. The molecule has 1 unspecified atom stereocenters. The van der Waals surface area contributed by atoms with Gasteiger partial charge < -0.3 is 5.32 Å². The first-order chi connectivity index (χ1) is 6.32. The van der Waals surface area contributed by atoms with Crippen LogP contribution in [0, 0.1) is 0 Å². The lowest BCUT2D eigenvalue weighted by molar-refractivity contribution is -0.170. The van der Waals surface area contributed by atoms with Crippen molar-refractivity contribution in [2.75, 3.05) is 0 Å². The smallest absolute Gasteiger partial charge is 0.348 e. The molecule has 1 N–H and O–H groups in total. The standard InChI is InChI=1S/C8H13F4NO/c1-3-4-5(2)13-7(14)8(11,12)6(9)10/h5-6H,3-4H2,1-2H3,(H,13,14).